The fourth-order valence-corrected chi connectivity index (χ4v) is 3.88. The van der Waals surface area contributed by atoms with Crippen LogP contribution in [0.4, 0.5) is 22.9 Å². The predicted octanol–water partition coefficient (Wildman–Crippen LogP) is 4.33. The summed E-state index contributed by atoms with van der Waals surface area (Å²) in [6.45, 7) is 2.05. The van der Waals surface area contributed by atoms with Crippen molar-refractivity contribution < 1.29 is 9.90 Å². The van der Waals surface area contributed by atoms with Crippen molar-refractivity contribution in [3.8, 4) is 0 Å². The molecular weight excluding hydrogens is 439 g/mol. The number of aliphatic hydroxyl groups is 1. The Balaban J connectivity index is 1.95. The number of pyridine rings is 1. The molecule has 1 unspecified atom stereocenters. The van der Waals surface area contributed by atoms with Crippen LogP contribution in [0.25, 0.3) is 0 Å². The molecule has 0 saturated carbocycles. The number of carbonyl (C=O) groups excluding carboxylic acids is 1. The molecule has 7 nitrogen and oxygen atoms in total. The quantitative estimate of drug-likeness (QED) is 0.608. The van der Waals surface area contributed by atoms with Crippen LogP contribution in [-0.2, 0) is 7.05 Å². The lowest BCUT2D eigenvalue weighted by molar-refractivity contribution is 0.00900. The minimum Gasteiger partial charge on any atom is -0.356 e. The van der Waals surface area contributed by atoms with Gasteiger partial charge >= 0.3 is 0 Å². The van der Waals surface area contributed by atoms with E-state index in [2.05, 4.69) is 5.32 Å². The Hall–Kier alpha value is -3.00. The monoisotopic (exact) mass is 458 g/mol. The van der Waals surface area contributed by atoms with E-state index in [1.807, 2.05) is 0 Å². The van der Waals surface area contributed by atoms with E-state index in [1.54, 1.807) is 67.4 Å². The highest BCUT2D eigenvalue weighted by molar-refractivity contribution is 6.31. The fraction of sp³-hybridized carbons (Fsp3) is 0.182. The molecule has 1 atom stereocenters. The summed E-state index contributed by atoms with van der Waals surface area (Å²) in [7, 11) is 1.57. The van der Waals surface area contributed by atoms with Crippen molar-refractivity contribution in [1.82, 2.24) is 9.47 Å². The number of rotatable bonds is 4. The van der Waals surface area contributed by atoms with Crippen molar-refractivity contribution in [1.29, 1.82) is 0 Å². The molecule has 1 aromatic heterocycles. The molecule has 0 aliphatic carbocycles. The van der Waals surface area contributed by atoms with Gasteiger partial charge in [-0.25, -0.2) is 0 Å². The van der Waals surface area contributed by atoms with Gasteiger partial charge in [-0.05, 0) is 55.5 Å². The zero-order chi connectivity index (χ0) is 22.3. The Bertz CT molecular complexity index is 1190. The molecule has 0 spiro atoms. The van der Waals surface area contributed by atoms with Gasteiger partial charge in [-0.3, -0.25) is 24.0 Å². The number of nitrogens with zero attached hydrogens (tertiary/aromatic N) is 3. The second kappa shape index (κ2) is 8.26. The Kier molecular flexibility index (Phi) is 5.66. The van der Waals surface area contributed by atoms with E-state index in [9.17, 15) is 14.7 Å². The molecule has 0 fully saturated rings. The van der Waals surface area contributed by atoms with Gasteiger partial charge < -0.3 is 10.4 Å². The molecule has 1 aliphatic heterocycles. The van der Waals surface area contributed by atoms with Crippen molar-refractivity contribution in [3.63, 3.8) is 0 Å². The highest BCUT2D eigenvalue weighted by atomic mass is 35.5. The maximum atomic E-state index is 13.4. The van der Waals surface area contributed by atoms with Gasteiger partial charge in [0, 0.05) is 41.1 Å². The highest BCUT2D eigenvalue weighted by Crippen LogP contribution is 2.39. The van der Waals surface area contributed by atoms with Gasteiger partial charge in [-0.1, -0.05) is 23.2 Å². The number of amides is 1. The second-order valence-electron chi connectivity index (χ2n) is 7.07. The normalized spacial score (nSPS) is 15.8. The van der Waals surface area contributed by atoms with Crippen LogP contribution >= 0.6 is 23.2 Å². The van der Waals surface area contributed by atoms with Crippen LogP contribution in [-0.4, -0.2) is 33.4 Å². The summed E-state index contributed by atoms with van der Waals surface area (Å²) in [6, 6.07) is 15.1. The first-order valence-electron chi connectivity index (χ1n) is 9.62. The lowest BCUT2D eigenvalue weighted by atomic mass is 10.1. The fourth-order valence-electron chi connectivity index (χ4n) is 3.63. The summed E-state index contributed by atoms with van der Waals surface area (Å²) in [5.74, 6) is -0.101. The number of fused-ring (bicyclic) bond motifs is 1. The first-order valence-corrected chi connectivity index (χ1v) is 10.4. The number of aromatic nitrogens is 1. The van der Waals surface area contributed by atoms with E-state index in [4.69, 9.17) is 23.2 Å². The van der Waals surface area contributed by atoms with Gasteiger partial charge in [0.05, 0.1) is 5.69 Å². The van der Waals surface area contributed by atoms with Crippen LogP contribution in [0.5, 0.6) is 0 Å². The highest BCUT2D eigenvalue weighted by Gasteiger charge is 2.40. The number of benzene rings is 2. The summed E-state index contributed by atoms with van der Waals surface area (Å²) in [4.78, 5) is 29.0. The minimum atomic E-state index is -1.29. The molecule has 2 N–H and O–H groups in total. The third-order valence-electron chi connectivity index (χ3n) is 5.19. The third kappa shape index (κ3) is 3.76. The maximum absolute atomic E-state index is 13.4. The number of aliphatic hydroxyl groups excluding tert-OH is 1. The van der Waals surface area contributed by atoms with Gasteiger partial charge in [-0.2, -0.15) is 0 Å². The molecule has 1 amide bonds. The lowest BCUT2D eigenvalue weighted by Gasteiger charge is -2.43. The molecule has 3 aromatic rings. The molecule has 2 heterocycles. The second-order valence-corrected chi connectivity index (χ2v) is 7.94. The first-order chi connectivity index (χ1) is 14.8. The summed E-state index contributed by atoms with van der Waals surface area (Å²) in [5, 5.41) is 15.3. The topological polar surface area (TPSA) is 77.8 Å². The van der Waals surface area contributed by atoms with E-state index < -0.39 is 6.35 Å². The van der Waals surface area contributed by atoms with Crippen LogP contribution in [0.2, 0.25) is 10.0 Å². The van der Waals surface area contributed by atoms with Gasteiger partial charge in [0.1, 0.15) is 11.4 Å². The lowest BCUT2D eigenvalue weighted by Crippen LogP contribution is -2.55. The molecular formula is C22H20Cl2N4O3. The van der Waals surface area contributed by atoms with E-state index in [-0.39, 0.29) is 29.4 Å². The van der Waals surface area contributed by atoms with Gasteiger partial charge in [0.25, 0.3) is 11.5 Å². The summed E-state index contributed by atoms with van der Waals surface area (Å²) in [6.07, 6.45) is -1.29. The number of anilines is 4. The van der Waals surface area contributed by atoms with Gasteiger partial charge in [-0.15, -0.1) is 0 Å². The average molecular weight is 459 g/mol. The number of halogens is 2. The Morgan fingerprint density at radius 3 is 2.16 bits per heavy atom. The molecule has 1 aliphatic rings. The van der Waals surface area contributed by atoms with Crippen molar-refractivity contribution in [2.45, 2.75) is 13.3 Å². The van der Waals surface area contributed by atoms with Crippen LogP contribution in [0, 0.1) is 0 Å². The molecule has 9 heteroatoms. The number of nitrogens with one attached hydrogen (secondary N) is 1. The maximum Gasteiger partial charge on any atom is 0.263 e. The largest absolute Gasteiger partial charge is 0.356 e. The summed E-state index contributed by atoms with van der Waals surface area (Å²) < 4.78 is 1.35. The Labute approximate surface area is 189 Å². The van der Waals surface area contributed by atoms with Crippen LogP contribution in [0.3, 0.4) is 0 Å². The molecule has 2 aromatic carbocycles. The molecule has 0 radical (unpaired) electrons. The predicted molar refractivity (Wildman–Crippen MR) is 123 cm³/mol. The van der Waals surface area contributed by atoms with E-state index in [0.29, 0.717) is 27.1 Å². The minimum absolute atomic E-state index is 0.271. The number of hydrogen-bond donors (Lipinski definition) is 2. The zero-order valence-electron chi connectivity index (χ0n) is 16.8. The summed E-state index contributed by atoms with van der Waals surface area (Å²) in [5.41, 5.74) is 1.54. The number of hydrogen-bond acceptors (Lipinski definition) is 5. The SMILES string of the molecule is CCN1C(=O)c2c(Nc3ccc(Cl)cc3)cc(=O)n(C)c2N(c2ccc(Cl)cc2)C1O. The van der Waals surface area contributed by atoms with Crippen molar-refractivity contribution in [2.75, 3.05) is 16.8 Å². The van der Waals surface area contributed by atoms with Gasteiger partial charge in [0.2, 0.25) is 6.35 Å². The van der Waals surface area contributed by atoms with Crippen LogP contribution in [0.15, 0.2) is 59.4 Å². The molecule has 0 saturated heterocycles. The first kappa shape index (κ1) is 21.2. The van der Waals surface area contributed by atoms with E-state index >= 15 is 0 Å². The number of carbonyl (C=O) groups is 1. The Morgan fingerprint density at radius 2 is 1.58 bits per heavy atom. The smallest absolute Gasteiger partial charge is 0.263 e. The zero-order valence-corrected chi connectivity index (χ0v) is 18.4. The van der Waals surface area contributed by atoms with Crippen LogP contribution < -0.4 is 15.8 Å². The molecule has 160 valence electrons. The third-order valence-corrected chi connectivity index (χ3v) is 5.69. The van der Waals surface area contributed by atoms with E-state index in [0.717, 1.165) is 0 Å². The summed E-state index contributed by atoms with van der Waals surface area (Å²) >= 11 is 12.0. The molecule has 31 heavy (non-hydrogen) atoms. The van der Waals surface area contributed by atoms with Crippen molar-refractivity contribution in [2.24, 2.45) is 7.05 Å². The van der Waals surface area contributed by atoms with Crippen LogP contribution in [0.1, 0.15) is 17.3 Å². The van der Waals surface area contributed by atoms with E-state index in [1.165, 1.54) is 15.5 Å². The Morgan fingerprint density at radius 1 is 1.00 bits per heavy atom. The molecule has 0 bridgehead atoms. The van der Waals surface area contributed by atoms with Gasteiger partial charge in [0.15, 0.2) is 0 Å². The van der Waals surface area contributed by atoms with Crippen molar-refractivity contribution >= 4 is 52.0 Å². The molecule has 4 rings (SSSR count). The van der Waals surface area contributed by atoms with Crippen molar-refractivity contribution in [3.05, 3.63) is 80.6 Å². The standard InChI is InChI=1S/C22H20Cl2N4O3/c1-3-27-21(30)19-17(25-15-8-4-13(23)5-9-15)12-18(29)26(2)20(19)28(22(27)31)16-10-6-14(24)7-11-16/h4-12,22,25,31H,3H2,1-2H3. The average Bonchev–Trinajstić information content (AvgIpc) is 2.74.